The van der Waals surface area contributed by atoms with Crippen LogP contribution in [0.2, 0.25) is 0 Å². The van der Waals surface area contributed by atoms with Crippen molar-refractivity contribution in [2.24, 2.45) is 7.05 Å². The highest BCUT2D eigenvalue weighted by molar-refractivity contribution is 9.11. The second-order valence-electron chi connectivity index (χ2n) is 4.66. The molecule has 0 aliphatic rings. The first kappa shape index (κ1) is 15.3. The van der Waals surface area contributed by atoms with Gasteiger partial charge >= 0.3 is 0 Å². The van der Waals surface area contributed by atoms with Gasteiger partial charge in [-0.05, 0) is 32.0 Å². The molecule has 6 heteroatoms. The number of amides is 1. The van der Waals surface area contributed by atoms with Gasteiger partial charge in [0.2, 0.25) is 0 Å². The van der Waals surface area contributed by atoms with Gasteiger partial charge in [0.15, 0.2) is 0 Å². The van der Waals surface area contributed by atoms with Crippen molar-refractivity contribution in [3.63, 3.8) is 0 Å². The Balaban J connectivity index is 2.17. The summed E-state index contributed by atoms with van der Waals surface area (Å²) in [5.41, 5.74) is 2.68. The molecule has 0 radical (unpaired) electrons. The van der Waals surface area contributed by atoms with Crippen molar-refractivity contribution in [1.82, 2.24) is 15.1 Å². The van der Waals surface area contributed by atoms with E-state index in [4.69, 9.17) is 0 Å². The summed E-state index contributed by atoms with van der Waals surface area (Å²) in [4.78, 5) is 12.3. The Kier molecular flexibility index (Phi) is 4.65. The minimum absolute atomic E-state index is 0.0889. The molecule has 0 fully saturated rings. The molecular weight excluding hydrogens is 386 g/mol. The van der Waals surface area contributed by atoms with Gasteiger partial charge in [0.05, 0.1) is 12.2 Å². The average Bonchev–Trinajstić information content (AvgIpc) is 2.68. The Morgan fingerprint density at radius 1 is 1.30 bits per heavy atom. The summed E-state index contributed by atoms with van der Waals surface area (Å²) in [6.07, 6.45) is 1.79. The molecule has 1 aromatic heterocycles. The van der Waals surface area contributed by atoms with Crippen LogP contribution in [0.5, 0.6) is 0 Å². The van der Waals surface area contributed by atoms with Gasteiger partial charge in [-0.15, -0.1) is 0 Å². The predicted octanol–water partition coefficient (Wildman–Crippen LogP) is 3.74. The maximum atomic E-state index is 12.3. The number of carbonyl (C=O) groups is 1. The summed E-state index contributed by atoms with van der Waals surface area (Å²) >= 11 is 6.77. The minimum atomic E-state index is -0.109. The van der Waals surface area contributed by atoms with Crippen LogP contribution in [0.4, 0.5) is 0 Å². The Bertz CT molecular complexity index is 632. The summed E-state index contributed by atoms with van der Waals surface area (Å²) in [5, 5.41) is 7.18. The summed E-state index contributed by atoms with van der Waals surface area (Å²) in [5.74, 6) is -0.109. The number of benzene rings is 1. The SMILES string of the molecule is Cc1c(C(C)NC(=O)c2cc(Br)cc(Br)c2)cnn1C. The zero-order valence-corrected chi connectivity index (χ0v) is 14.6. The summed E-state index contributed by atoms with van der Waals surface area (Å²) in [6, 6.07) is 5.39. The fourth-order valence-corrected chi connectivity index (χ4v) is 3.28. The van der Waals surface area contributed by atoms with Crippen molar-refractivity contribution in [2.75, 3.05) is 0 Å². The number of aromatic nitrogens is 2. The molecule has 1 aromatic carbocycles. The van der Waals surface area contributed by atoms with Crippen LogP contribution >= 0.6 is 31.9 Å². The minimum Gasteiger partial charge on any atom is -0.345 e. The third-order valence-corrected chi connectivity index (χ3v) is 4.13. The second kappa shape index (κ2) is 6.10. The van der Waals surface area contributed by atoms with E-state index in [1.54, 1.807) is 23.0 Å². The zero-order chi connectivity index (χ0) is 14.9. The fraction of sp³-hybridized carbons (Fsp3) is 0.286. The first-order valence-electron chi connectivity index (χ1n) is 6.14. The summed E-state index contributed by atoms with van der Waals surface area (Å²) in [6.45, 7) is 3.94. The molecule has 20 heavy (non-hydrogen) atoms. The average molecular weight is 401 g/mol. The van der Waals surface area contributed by atoms with Gasteiger partial charge in [-0.3, -0.25) is 9.48 Å². The molecule has 0 aliphatic heterocycles. The lowest BCUT2D eigenvalue weighted by Crippen LogP contribution is -2.27. The van der Waals surface area contributed by atoms with Crippen LogP contribution in [-0.4, -0.2) is 15.7 Å². The number of hydrogen-bond donors (Lipinski definition) is 1. The lowest BCUT2D eigenvalue weighted by atomic mass is 10.1. The van der Waals surface area contributed by atoms with Crippen LogP contribution in [0.1, 0.15) is 34.6 Å². The van der Waals surface area contributed by atoms with Crippen molar-refractivity contribution >= 4 is 37.8 Å². The summed E-state index contributed by atoms with van der Waals surface area (Å²) in [7, 11) is 1.89. The van der Waals surface area contributed by atoms with E-state index in [-0.39, 0.29) is 11.9 Å². The van der Waals surface area contributed by atoms with Crippen molar-refractivity contribution < 1.29 is 4.79 Å². The largest absolute Gasteiger partial charge is 0.345 e. The van der Waals surface area contributed by atoms with Gasteiger partial charge in [0, 0.05) is 32.8 Å². The molecule has 2 rings (SSSR count). The molecule has 0 saturated carbocycles. The van der Waals surface area contributed by atoms with Crippen LogP contribution in [0.15, 0.2) is 33.3 Å². The highest BCUT2D eigenvalue weighted by Crippen LogP contribution is 2.21. The number of halogens is 2. The van der Waals surface area contributed by atoms with Gasteiger partial charge in [-0.25, -0.2) is 0 Å². The number of nitrogens with zero attached hydrogens (tertiary/aromatic N) is 2. The van der Waals surface area contributed by atoms with Crippen molar-refractivity contribution in [1.29, 1.82) is 0 Å². The maximum absolute atomic E-state index is 12.3. The van der Waals surface area contributed by atoms with E-state index in [1.165, 1.54) is 0 Å². The van der Waals surface area contributed by atoms with E-state index in [0.29, 0.717) is 5.56 Å². The standard InChI is InChI=1S/C14H15Br2N3O/c1-8(13-7-17-19(3)9(13)2)18-14(20)10-4-11(15)6-12(16)5-10/h4-8H,1-3H3,(H,18,20). The van der Waals surface area contributed by atoms with Gasteiger partial charge in [0.1, 0.15) is 0 Å². The molecular formula is C14H15Br2N3O. The quantitative estimate of drug-likeness (QED) is 0.852. The van der Waals surface area contributed by atoms with Crippen LogP contribution in [-0.2, 0) is 7.05 Å². The molecule has 1 amide bonds. The molecule has 1 unspecified atom stereocenters. The second-order valence-corrected chi connectivity index (χ2v) is 6.49. The molecule has 2 aromatic rings. The van der Waals surface area contributed by atoms with E-state index in [9.17, 15) is 4.79 Å². The lowest BCUT2D eigenvalue weighted by molar-refractivity contribution is 0.0939. The maximum Gasteiger partial charge on any atom is 0.251 e. The van der Waals surface area contributed by atoms with Gasteiger partial charge in [-0.2, -0.15) is 5.10 Å². The topological polar surface area (TPSA) is 46.9 Å². The first-order chi connectivity index (χ1) is 9.38. The number of nitrogens with one attached hydrogen (secondary N) is 1. The zero-order valence-electron chi connectivity index (χ0n) is 11.4. The number of hydrogen-bond acceptors (Lipinski definition) is 2. The Labute approximate surface area is 134 Å². The number of carbonyl (C=O) groups excluding carboxylic acids is 1. The van der Waals surface area contributed by atoms with Gasteiger partial charge in [0.25, 0.3) is 5.91 Å². The Hall–Kier alpha value is -1.14. The van der Waals surface area contributed by atoms with Crippen LogP contribution in [0.3, 0.4) is 0 Å². The molecule has 0 bridgehead atoms. The molecule has 0 saturated heterocycles. The molecule has 0 spiro atoms. The third kappa shape index (κ3) is 3.30. The molecule has 106 valence electrons. The normalized spacial score (nSPS) is 12.2. The van der Waals surface area contributed by atoms with E-state index in [2.05, 4.69) is 42.3 Å². The van der Waals surface area contributed by atoms with E-state index < -0.39 is 0 Å². The Morgan fingerprint density at radius 3 is 2.40 bits per heavy atom. The highest BCUT2D eigenvalue weighted by Gasteiger charge is 2.16. The molecule has 1 heterocycles. The lowest BCUT2D eigenvalue weighted by Gasteiger charge is -2.14. The van der Waals surface area contributed by atoms with Gasteiger partial charge in [-0.1, -0.05) is 31.9 Å². The molecule has 1 N–H and O–H groups in total. The van der Waals surface area contributed by atoms with Crippen molar-refractivity contribution in [3.8, 4) is 0 Å². The smallest absolute Gasteiger partial charge is 0.251 e. The van der Waals surface area contributed by atoms with Crippen molar-refractivity contribution in [3.05, 3.63) is 50.2 Å². The Morgan fingerprint density at radius 2 is 1.90 bits per heavy atom. The molecule has 4 nitrogen and oxygen atoms in total. The van der Waals surface area contributed by atoms with E-state index in [0.717, 1.165) is 20.2 Å². The third-order valence-electron chi connectivity index (χ3n) is 3.21. The molecule has 1 atom stereocenters. The van der Waals surface area contributed by atoms with Crippen molar-refractivity contribution in [2.45, 2.75) is 19.9 Å². The predicted molar refractivity (Wildman–Crippen MR) is 85.7 cm³/mol. The van der Waals surface area contributed by atoms with Crippen LogP contribution in [0.25, 0.3) is 0 Å². The van der Waals surface area contributed by atoms with E-state index in [1.807, 2.05) is 27.0 Å². The molecule has 0 aliphatic carbocycles. The summed E-state index contributed by atoms with van der Waals surface area (Å²) < 4.78 is 3.53. The van der Waals surface area contributed by atoms with Crippen LogP contribution < -0.4 is 5.32 Å². The van der Waals surface area contributed by atoms with Crippen LogP contribution in [0, 0.1) is 6.92 Å². The number of aryl methyl sites for hydroxylation is 1. The first-order valence-corrected chi connectivity index (χ1v) is 7.72. The van der Waals surface area contributed by atoms with Gasteiger partial charge < -0.3 is 5.32 Å². The number of rotatable bonds is 3. The van der Waals surface area contributed by atoms with E-state index >= 15 is 0 Å². The fourth-order valence-electron chi connectivity index (χ4n) is 1.98. The highest BCUT2D eigenvalue weighted by atomic mass is 79.9. The monoisotopic (exact) mass is 399 g/mol.